The molecule has 0 unspecified atom stereocenters. The predicted octanol–water partition coefficient (Wildman–Crippen LogP) is 6.81. The standard InChI is InChI=1S/C38H42ClF3N6O5/c1-20(36(49)50)44-19-30-35(53-4)48-33(32(45-30)38(40,41)42)46-28-14-12-24-23(7-5-8-25(24)28)26-9-6-10-27(31(26)39)29-13-11-22(34(47-29)52-3)18-43-17-21-15-37(2,51)16-21/h5-11,13,20-21,28,43-44,51H,12,14-19H2,1-4H3,(H,46,48)(H,49,50)/t20-,21-,28-,37-/m0/s1. The molecule has 282 valence electrons. The molecule has 15 heteroatoms. The Morgan fingerprint density at radius 2 is 1.70 bits per heavy atom. The van der Waals surface area contributed by atoms with Gasteiger partial charge in [0.05, 0.1) is 36.6 Å². The van der Waals surface area contributed by atoms with Crippen molar-refractivity contribution in [3.8, 4) is 34.1 Å². The molecule has 0 aliphatic heterocycles. The molecule has 0 amide bonds. The number of pyridine rings is 1. The number of methoxy groups -OCH3 is 2. The second kappa shape index (κ2) is 15.5. The summed E-state index contributed by atoms with van der Waals surface area (Å²) in [5, 5.41) is 28.7. The van der Waals surface area contributed by atoms with Gasteiger partial charge in [-0.05, 0) is 74.8 Å². The number of carboxylic acid groups (broad SMARTS) is 1. The lowest BCUT2D eigenvalue weighted by molar-refractivity contribution is -0.141. The van der Waals surface area contributed by atoms with Crippen LogP contribution >= 0.6 is 11.6 Å². The first kappa shape index (κ1) is 38.2. The van der Waals surface area contributed by atoms with E-state index in [1.165, 1.54) is 14.0 Å². The van der Waals surface area contributed by atoms with Crippen molar-refractivity contribution in [2.24, 2.45) is 5.92 Å². The minimum Gasteiger partial charge on any atom is -0.481 e. The van der Waals surface area contributed by atoms with Gasteiger partial charge in [0.1, 0.15) is 11.7 Å². The maximum Gasteiger partial charge on any atom is 0.437 e. The molecule has 2 aliphatic rings. The van der Waals surface area contributed by atoms with Gasteiger partial charge in [0.25, 0.3) is 0 Å². The lowest BCUT2D eigenvalue weighted by Crippen LogP contribution is -2.44. The van der Waals surface area contributed by atoms with Crippen LogP contribution in [0.15, 0.2) is 48.5 Å². The highest BCUT2D eigenvalue weighted by molar-refractivity contribution is 6.36. The molecule has 2 aromatic carbocycles. The maximum absolute atomic E-state index is 14.3. The Hall–Kier alpha value is -4.50. The van der Waals surface area contributed by atoms with E-state index in [1.807, 2.05) is 55.5 Å². The molecule has 6 rings (SSSR count). The summed E-state index contributed by atoms with van der Waals surface area (Å²) in [5.74, 6) is -0.891. The monoisotopic (exact) mass is 754 g/mol. The Kier molecular flexibility index (Phi) is 11.2. The number of aromatic nitrogens is 3. The second-order valence-corrected chi connectivity index (χ2v) is 14.2. The Balaban J connectivity index is 1.24. The molecular weight excluding hydrogens is 713 g/mol. The Morgan fingerprint density at radius 3 is 2.38 bits per heavy atom. The Morgan fingerprint density at radius 1 is 1.00 bits per heavy atom. The van der Waals surface area contributed by atoms with E-state index in [0.29, 0.717) is 47.5 Å². The van der Waals surface area contributed by atoms with Gasteiger partial charge in [0.2, 0.25) is 11.8 Å². The number of nitrogens with one attached hydrogen (secondary N) is 3. The molecule has 53 heavy (non-hydrogen) atoms. The highest BCUT2D eigenvalue weighted by Crippen LogP contribution is 2.45. The zero-order valence-electron chi connectivity index (χ0n) is 29.8. The second-order valence-electron chi connectivity index (χ2n) is 13.9. The van der Waals surface area contributed by atoms with Gasteiger partial charge < -0.3 is 30.3 Å². The minimum atomic E-state index is -4.85. The number of anilines is 1. The first-order valence-corrected chi connectivity index (χ1v) is 17.7. The number of carbonyl (C=O) groups is 1. The number of aliphatic hydroxyl groups is 1. The van der Waals surface area contributed by atoms with Crippen LogP contribution in [0, 0.1) is 5.92 Å². The minimum absolute atomic E-state index is 0.153. The third-order valence-electron chi connectivity index (χ3n) is 9.82. The number of ether oxygens (including phenoxy) is 2. The molecule has 5 N–H and O–H groups in total. The molecule has 2 aromatic heterocycles. The van der Waals surface area contributed by atoms with Crippen molar-refractivity contribution >= 4 is 23.4 Å². The first-order chi connectivity index (χ1) is 25.2. The van der Waals surface area contributed by atoms with E-state index in [-0.39, 0.29) is 18.1 Å². The summed E-state index contributed by atoms with van der Waals surface area (Å²) >= 11 is 7.10. The fraction of sp³-hybridized carbons (Fsp3) is 0.421. The van der Waals surface area contributed by atoms with Crippen LogP contribution < -0.4 is 25.4 Å². The quantitative estimate of drug-likeness (QED) is 0.0924. The molecule has 0 spiro atoms. The zero-order valence-corrected chi connectivity index (χ0v) is 30.5. The topological polar surface area (TPSA) is 151 Å². The van der Waals surface area contributed by atoms with E-state index in [9.17, 15) is 23.1 Å². The van der Waals surface area contributed by atoms with Crippen LogP contribution in [0.25, 0.3) is 22.4 Å². The van der Waals surface area contributed by atoms with E-state index in [4.69, 9.17) is 31.2 Å². The van der Waals surface area contributed by atoms with E-state index >= 15 is 0 Å². The number of nitrogens with zero attached hydrogens (tertiary/aromatic N) is 3. The smallest absolute Gasteiger partial charge is 0.437 e. The van der Waals surface area contributed by atoms with Gasteiger partial charge >= 0.3 is 12.1 Å². The SMILES string of the molecule is COc1nc(-c2cccc(-c3cccc4c3CC[C@@H]4Nc3nc(OC)c(CN[C@@H](C)C(=O)O)nc3C(F)(F)F)c2Cl)ccc1CNC[C@H]1C[C@](C)(O)C1. The van der Waals surface area contributed by atoms with E-state index in [1.54, 1.807) is 7.11 Å². The molecule has 11 nitrogen and oxygen atoms in total. The fourth-order valence-corrected chi connectivity index (χ4v) is 7.52. The van der Waals surface area contributed by atoms with Crippen LogP contribution in [0.4, 0.5) is 19.0 Å². The number of hydrogen-bond acceptors (Lipinski definition) is 10. The van der Waals surface area contributed by atoms with Crippen molar-refractivity contribution in [3.63, 3.8) is 0 Å². The van der Waals surface area contributed by atoms with Crippen LogP contribution in [-0.2, 0) is 30.5 Å². The number of hydrogen-bond donors (Lipinski definition) is 5. The van der Waals surface area contributed by atoms with Gasteiger partial charge in [0, 0.05) is 29.8 Å². The van der Waals surface area contributed by atoms with Crippen LogP contribution in [0.2, 0.25) is 5.02 Å². The van der Waals surface area contributed by atoms with Gasteiger partial charge in [-0.25, -0.2) is 9.97 Å². The summed E-state index contributed by atoms with van der Waals surface area (Å²) in [6.45, 7) is 4.28. The van der Waals surface area contributed by atoms with Gasteiger partial charge in [-0.1, -0.05) is 54.1 Å². The summed E-state index contributed by atoms with van der Waals surface area (Å²) in [6, 6.07) is 13.7. The summed E-state index contributed by atoms with van der Waals surface area (Å²) in [7, 11) is 2.84. The number of benzene rings is 2. The van der Waals surface area contributed by atoms with Crippen LogP contribution in [-0.4, -0.2) is 63.5 Å². The molecule has 2 atom stereocenters. The molecule has 2 heterocycles. The van der Waals surface area contributed by atoms with E-state index in [2.05, 4.69) is 25.9 Å². The molecule has 2 aliphatic carbocycles. The van der Waals surface area contributed by atoms with Crippen molar-refractivity contribution in [1.82, 2.24) is 25.6 Å². The van der Waals surface area contributed by atoms with Crippen molar-refractivity contribution in [3.05, 3.63) is 81.6 Å². The Labute approximate surface area is 310 Å². The number of halogens is 4. The van der Waals surface area contributed by atoms with Crippen LogP contribution in [0.1, 0.15) is 67.2 Å². The summed E-state index contributed by atoms with van der Waals surface area (Å²) in [6.07, 6.45) is -2.25. The van der Waals surface area contributed by atoms with Crippen molar-refractivity contribution in [1.29, 1.82) is 0 Å². The third kappa shape index (κ3) is 8.35. The van der Waals surface area contributed by atoms with Crippen LogP contribution in [0.5, 0.6) is 11.8 Å². The number of alkyl halides is 3. The molecule has 1 fully saturated rings. The van der Waals surface area contributed by atoms with Gasteiger partial charge in [-0.2, -0.15) is 18.2 Å². The molecule has 0 bridgehead atoms. The largest absolute Gasteiger partial charge is 0.481 e. The highest BCUT2D eigenvalue weighted by Gasteiger charge is 2.40. The molecular formula is C38H42ClF3N6O5. The lowest BCUT2D eigenvalue weighted by atomic mass is 9.72. The number of rotatable bonds is 14. The van der Waals surface area contributed by atoms with Gasteiger partial charge in [-0.15, -0.1) is 0 Å². The average molecular weight is 755 g/mol. The molecule has 1 saturated carbocycles. The predicted molar refractivity (Wildman–Crippen MR) is 194 cm³/mol. The molecule has 0 radical (unpaired) electrons. The number of carboxylic acids is 1. The maximum atomic E-state index is 14.3. The van der Waals surface area contributed by atoms with Crippen molar-refractivity contribution in [2.45, 2.75) is 76.5 Å². The lowest BCUT2D eigenvalue weighted by Gasteiger charge is -2.41. The highest BCUT2D eigenvalue weighted by atomic mass is 35.5. The summed E-state index contributed by atoms with van der Waals surface area (Å²) in [5.41, 5.74) is 3.63. The normalized spacial score (nSPS) is 20.0. The van der Waals surface area contributed by atoms with Crippen LogP contribution in [0.3, 0.4) is 0 Å². The van der Waals surface area contributed by atoms with E-state index in [0.717, 1.165) is 47.2 Å². The number of aliphatic carboxylic acids is 1. The fourth-order valence-electron chi connectivity index (χ4n) is 7.20. The Bertz CT molecular complexity index is 1990. The summed E-state index contributed by atoms with van der Waals surface area (Å²) < 4.78 is 53.9. The number of fused-ring (bicyclic) bond motifs is 1. The van der Waals surface area contributed by atoms with Gasteiger partial charge in [-0.3, -0.25) is 10.1 Å². The van der Waals surface area contributed by atoms with Crippen molar-refractivity contribution in [2.75, 3.05) is 26.1 Å². The zero-order chi connectivity index (χ0) is 38.1. The van der Waals surface area contributed by atoms with E-state index < -0.39 is 41.3 Å². The molecule has 0 saturated heterocycles. The average Bonchev–Trinajstić information content (AvgIpc) is 3.52. The van der Waals surface area contributed by atoms with Gasteiger partial charge in [0.15, 0.2) is 11.5 Å². The molecule has 4 aromatic rings. The third-order valence-corrected chi connectivity index (χ3v) is 10.2. The summed E-state index contributed by atoms with van der Waals surface area (Å²) in [4.78, 5) is 24.0. The first-order valence-electron chi connectivity index (χ1n) is 17.3. The van der Waals surface area contributed by atoms with Crippen molar-refractivity contribution < 1.29 is 37.7 Å².